The number of hydrogen-bond donors (Lipinski definition) is 1. The van der Waals surface area contributed by atoms with Crippen molar-refractivity contribution in [2.75, 3.05) is 10.2 Å². The maximum absolute atomic E-state index is 12.7. The van der Waals surface area contributed by atoms with Crippen LogP contribution in [0.5, 0.6) is 0 Å². The summed E-state index contributed by atoms with van der Waals surface area (Å²) in [5.74, 6) is -0.467. The summed E-state index contributed by atoms with van der Waals surface area (Å²) in [4.78, 5) is 26.2. The molecule has 0 unspecified atom stereocenters. The third-order valence-electron chi connectivity index (χ3n) is 4.02. The molecule has 118 valence electrons. The van der Waals surface area contributed by atoms with E-state index in [-0.39, 0.29) is 18.2 Å². The number of carbonyl (C=O) groups excluding carboxylic acids is 2. The van der Waals surface area contributed by atoms with Crippen molar-refractivity contribution in [1.29, 1.82) is 0 Å². The number of hydrogen-bond acceptors (Lipinski definition) is 3. The number of aryl methyl sites for hydroxylation is 1. The number of imide groups is 1. The Labute approximate surface area is 140 Å². The second-order valence-corrected chi connectivity index (χ2v) is 6.13. The van der Waals surface area contributed by atoms with Crippen LogP contribution in [0.1, 0.15) is 17.5 Å². The maximum Gasteiger partial charge on any atom is 0.256 e. The molecule has 1 fully saturated rings. The van der Waals surface area contributed by atoms with Crippen LogP contribution in [0.4, 0.5) is 11.4 Å². The minimum atomic E-state index is -0.552. The van der Waals surface area contributed by atoms with Crippen molar-refractivity contribution in [2.24, 2.45) is 0 Å². The van der Waals surface area contributed by atoms with Gasteiger partial charge >= 0.3 is 0 Å². The molecule has 1 saturated heterocycles. The van der Waals surface area contributed by atoms with Crippen LogP contribution in [0.15, 0.2) is 42.5 Å². The number of nitrogens with one attached hydrogen (secondary N) is 1. The molecule has 5 heteroatoms. The van der Waals surface area contributed by atoms with Crippen molar-refractivity contribution in [1.82, 2.24) is 0 Å². The van der Waals surface area contributed by atoms with E-state index in [2.05, 4.69) is 5.32 Å². The molecule has 0 bridgehead atoms. The topological polar surface area (TPSA) is 49.4 Å². The van der Waals surface area contributed by atoms with E-state index < -0.39 is 6.04 Å². The van der Waals surface area contributed by atoms with Gasteiger partial charge in [0.2, 0.25) is 5.91 Å². The van der Waals surface area contributed by atoms with Crippen molar-refractivity contribution in [3.8, 4) is 0 Å². The zero-order chi connectivity index (χ0) is 16.6. The van der Waals surface area contributed by atoms with Crippen molar-refractivity contribution < 1.29 is 9.59 Å². The van der Waals surface area contributed by atoms with Crippen molar-refractivity contribution in [2.45, 2.75) is 26.3 Å². The monoisotopic (exact) mass is 328 g/mol. The summed E-state index contributed by atoms with van der Waals surface area (Å²) in [6.07, 6.45) is 0.138. The zero-order valence-electron chi connectivity index (χ0n) is 13.0. The Morgan fingerprint density at radius 3 is 2.48 bits per heavy atom. The molecule has 1 heterocycles. The summed E-state index contributed by atoms with van der Waals surface area (Å²) in [6.45, 7) is 3.80. The van der Waals surface area contributed by atoms with Gasteiger partial charge in [0.15, 0.2) is 0 Å². The molecule has 2 amide bonds. The molecule has 1 aliphatic heterocycles. The van der Waals surface area contributed by atoms with Crippen molar-refractivity contribution in [3.63, 3.8) is 0 Å². The molecule has 1 aliphatic rings. The molecule has 0 saturated carbocycles. The molecule has 2 aromatic rings. The van der Waals surface area contributed by atoms with Crippen LogP contribution in [-0.2, 0) is 9.59 Å². The predicted molar refractivity (Wildman–Crippen MR) is 91.9 cm³/mol. The Morgan fingerprint density at radius 2 is 1.78 bits per heavy atom. The molecule has 0 aliphatic carbocycles. The molecule has 0 spiro atoms. The first-order chi connectivity index (χ1) is 11.0. The molecule has 1 N–H and O–H groups in total. The highest BCUT2D eigenvalue weighted by Crippen LogP contribution is 2.31. The van der Waals surface area contributed by atoms with Crippen molar-refractivity contribution >= 4 is 34.8 Å². The zero-order valence-corrected chi connectivity index (χ0v) is 13.7. The predicted octanol–water partition coefficient (Wildman–Crippen LogP) is 3.70. The van der Waals surface area contributed by atoms with E-state index in [0.717, 1.165) is 16.8 Å². The number of carbonyl (C=O) groups is 2. The number of nitrogens with zero attached hydrogens (tertiary/aromatic N) is 1. The van der Waals surface area contributed by atoms with Gasteiger partial charge in [-0.25, -0.2) is 4.90 Å². The van der Waals surface area contributed by atoms with Crippen LogP contribution in [0, 0.1) is 13.8 Å². The van der Waals surface area contributed by atoms with Gasteiger partial charge in [0.05, 0.1) is 12.1 Å². The second-order valence-electron chi connectivity index (χ2n) is 5.72. The van der Waals surface area contributed by atoms with Crippen LogP contribution in [0.3, 0.4) is 0 Å². The Hall–Kier alpha value is -2.33. The minimum Gasteiger partial charge on any atom is -0.373 e. The quantitative estimate of drug-likeness (QED) is 0.874. The van der Waals surface area contributed by atoms with E-state index in [1.54, 1.807) is 25.1 Å². The molecule has 0 radical (unpaired) electrons. The molecule has 2 aromatic carbocycles. The molecule has 23 heavy (non-hydrogen) atoms. The summed E-state index contributed by atoms with van der Waals surface area (Å²) in [5, 5.41) is 3.68. The number of benzene rings is 2. The van der Waals surface area contributed by atoms with Crippen LogP contribution >= 0.6 is 11.6 Å². The molecule has 3 rings (SSSR count). The van der Waals surface area contributed by atoms with Crippen LogP contribution in [-0.4, -0.2) is 17.9 Å². The number of halogens is 1. The lowest BCUT2D eigenvalue weighted by atomic mass is 10.2. The lowest BCUT2D eigenvalue weighted by Crippen LogP contribution is -2.35. The van der Waals surface area contributed by atoms with E-state index in [4.69, 9.17) is 11.6 Å². The van der Waals surface area contributed by atoms with Gasteiger partial charge < -0.3 is 5.32 Å². The molecule has 0 aromatic heterocycles. The molecular weight excluding hydrogens is 312 g/mol. The average Bonchev–Trinajstić information content (AvgIpc) is 2.79. The Morgan fingerprint density at radius 1 is 1.09 bits per heavy atom. The second kappa shape index (κ2) is 6.05. The Bertz CT molecular complexity index is 771. The Kier molecular flexibility index (Phi) is 4.09. The van der Waals surface area contributed by atoms with E-state index in [0.29, 0.717) is 10.7 Å². The lowest BCUT2D eigenvalue weighted by molar-refractivity contribution is -0.121. The number of rotatable bonds is 3. The van der Waals surface area contributed by atoms with Gasteiger partial charge in [-0.2, -0.15) is 0 Å². The maximum atomic E-state index is 12.7. The average molecular weight is 329 g/mol. The van der Waals surface area contributed by atoms with E-state index in [1.165, 1.54) is 4.90 Å². The lowest BCUT2D eigenvalue weighted by Gasteiger charge is -2.18. The first-order valence-corrected chi connectivity index (χ1v) is 7.80. The summed E-state index contributed by atoms with van der Waals surface area (Å²) < 4.78 is 0. The third-order valence-corrected chi connectivity index (χ3v) is 4.43. The molecule has 1 atom stereocenters. The standard InChI is InChI=1S/C18H17ClN2O2/c1-11-6-8-13(9-7-11)20-15-10-17(22)21(18(15)23)16-5-3-4-14(19)12(16)2/h3-9,15,20H,10H2,1-2H3/t15-/m0/s1. The van der Waals surface area contributed by atoms with Gasteiger partial charge in [0, 0.05) is 10.7 Å². The highest BCUT2D eigenvalue weighted by Gasteiger charge is 2.40. The van der Waals surface area contributed by atoms with E-state index in [9.17, 15) is 9.59 Å². The minimum absolute atomic E-state index is 0.138. The number of anilines is 2. The number of amides is 2. The van der Waals surface area contributed by atoms with Crippen LogP contribution < -0.4 is 10.2 Å². The van der Waals surface area contributed by atoms with Crippen LogP contribution in [0.2, 0.25) is 5.02 Å². The van der Waals surface area contributed by atoms with Crippen LogP contribution in [0.25, 0.3) is 0 Å². The van der Waals surface area contributed by atoms with Gasteiger partial charge in [-0.05, 0) is 43.7 Å². The highest BCUT2D eigenvalue weighted by molar-refractivity contribution is 6.32. The first-order valence-electron chi connectivity index (χ1n) is 7.42. The first kappa shape index (κ1) is 15.6. The van der Waals surface area contributed by atoms with Gasteiger partial charge in [0.1, 0.15) is 6.04 Å². The van der Waals surface area contributed by atoms with E-state index in [1.807, 2.05) is 31.2 Å². The fraction of sp³-hybridized carbons (Fsp3) is 0.222. The van der Waals surface area contributed by atoms with Gasteiger partial charge in [-0.1, -0.05) is 35.4 Å². The molecule has 4 nitrogen and oxygen atoms in total. The summed E-state index contributed by atoms with van der Waals surface area (Å²) >= 11 is 6.10. The van der Waals surface area contributed by atoms with Gasteiger partial charge in [-0.15, -0.1) is 0 Å². The normalized spacial score (nSPS) is 17.7. The largest absolute Gasteiger partial charge is 0.373 e. The summed E-state index contributed by atoms with van der Waals surface area (Å²) in [6, 6.07) is 12.4. The summed E-state index contributed by atoms with van der Waals surface area (Å²) in [7, 11) is 0. The Balaban J connectivity index is 1.85. The third kappa shape index (κ3) is 2.94. The SMILES string of the molecule is Cc1ccc(N[C@H]2CC(=O)N(c3cccc(Cl)c3C)C2=O)cc1. The van der Waals surface area contributed by atoms with Gasteiger partial charge in [0.25, 0.3) is 5.91 Å². The van der Waals surface area contributed by atoms with E-state index >= 15 is 0 Å². The summed E-state index contributed by atoms with van der Waals surface area (Å²) in [5.41, 5.74) is 3.25. The highest BCUT2D eigenvalue weighted by atomic mass is 35.5. The molecular formula is C18H17ClN2O2. The fourth-order valence-corrected chi connectivity index (χ4v) is 2.86. The smallest absolute Gasteiger partial charge is 0.256 e. The van der Waals surface area contributed by atoms with Crippen molar-refractivity contribution in [3.05, 3.63) is 58.6 Å². The van der Waals surface area contributed by atoms with Gasteiger partial charge in [-0.3, -0.25) is 9.59 Å². The fourth-order valence-electron chi connectivity index (χ4n) is 2.69.